The van der Waals surface area contributed by atoms with E-state index in [0.717, 1.165) is 17.5 Å². The molecule has 0 aromatic heterocycles. The number of nitrogens with two attached hydrogens (primary N) is 1. The molecule has 1 aromatic carbocycles. The lowest BCUT2D eigenvalue weighted by Gasteiger charge is -2.35. The van der Waals surface area contributed by atoms with Gasteiger partial charge in [0.15, 0.2) is 0 Å². The van der Waals surface area contributed by atoms with E-state index in [1.807, 2.05) is 29.2 Å². The highest BCUT2D eigenvalue weighted by atomic mass is 16.5. The largest absolute Gasteiger partial charge is 0.377 e. The molecule has 0 aliphatic carbocycles. The first kappa shape index (κ1) is 14.0. The number of rotatable bonds is 4. The predicted octanol–water partition coefficient (Wildman–Crippen LogP) is 1.33. The van der Waals surface area contributed by atoms with Crippen LogP contribution >= 0.6 is 0 Å². The van der Waals surface area contributed by atoms with E-state index < -0.39 is 0 Å². The van der Waals surface area contributed by atoms with Gasteiger partial charge in [-0.15, -0.1) is 0 Å². The summed E-state index contributed by atoms with van der Waals surface area (Å²) in [6, 6.07) is 8.10. The number of morpholine rings is 1. The number of amides is 1. The summed E-state index contributed by atoms with van der Waals surface area (Å²) in [7, 11) is 0. The third-order valence-electron chi connectivity index (χ3n) is 3.70. The molecule has 4 nitrogen and oxygen atoms in total. The van der Waals surface area contributed by atoms with Crippen LogP contribution in [-0.2, 0) is 22.5 Å². The van der Waals surface area contributed by atoms with Crippen molar-refractivity contribution in [2.24, 2.45) is 5.73 Å². The summed E-state index contributed by atoms with van der Waals surface area (Å²) in [5.74, 6) is 0.177. The number of carbonyl (C=O) groups excluding carboxylic acids is 1. The fraction of sp³-hybridized carbons (Fsp3) is 0.533. The quantitative estimate of drug-likeness (QED) is 0.890. The van der Waals surface area contributed by atoms with Crippen LogP contribution in [-0.4, -0.2) is 36.6 Å². The smallest absolute Gasteiger partial charge is 0.227 e. The van der Waals surface area contributed by atoms with Gasteiger partial charge in [-0.1, -0.05) is 31.2 Å². The Bertz CT molecular complexity index is 434. The van der Waals surface area contributed by atoms with Crippen LogP contribution in [0.5, 0.6) is 0 Å². The van der Waals surface area contributed by atoms with Gasteiger partial charge in [0.05, 0.1) is 25.7 Å². The van der Waals surface area contributed by atoms with Crippen LogP contribution in [0.2, 0.25) is 0 Å². The van der Waals surface area contributed by atoms with E-state index in [1.165, 1.54) is 0 Å². The molecule has 0 saturated carbocycles. The van der Waals surface area contributed by atoms with Crippen LogP contribution in [0.3, 0.4) is 0 Å². The van der Waals surface area contributed by atoms with Crippen LogP contribution in [0, 0.1) is 0 Å². The summed E-state index contributed by atoms with van der Waals surface area (Å²) in [6.07, 6.45) is 1.37. The molecule has 1 unspecified atom stereocenters. The maximum Gasteiger partial charge on any atom is 0.227 e. The predicted molar refractivity (Wildman–Crippen MR) is 74.6 cm³/mol. The molecule has 4 heteroatoms. The molecule has 1 aromatic rings. The molecule has 0 radical (unpaired) electrons. The molecule has 19 heavy (non-hydrogen) atoms. The number of benzene rings is 1. The van der Waals surface area contributed by atoms with Crippen molar-refractivity contribution >= 4 is 5.91 Å². The average molecular weight is 262 g/mol. The second-order valence-corrected chi connectivity index (χ2v) is 4.87. The van der Waals surface area contributed by atoms with E-state index >= 15 is 0 Å². The molecule has 1 heterocycles. The van der Waals surface area contributed by atoms with Gasteiger partial charge in [-0.2, -0.15) is 0 Å². The zero-order valence-corrected chi connectivity index (χ0v) is 11.5. The molecule has 2 rings (SSSR count). The zero-order valence-electron chi connectivity index (χ0n) is 11.5. The Kier molecular flexibility index (Phi) is 4.93. The van der Waals surface area contributed by atoms with Crippen molar-refractivity contribution in [3.05, 3.63) is 35.4 Å². The minimum absolute atomic E-state index is 0.177. The summed E-state index contributed by atoms with van der Waals surface area (Å²) >= 11 is 0. The Morgan fingerprint density at radius 3 is 2.84 bits per heavy atom. The van der Waals surface area contributed by atoms with Crippen molar-refractivity contribution in [3.8, 4) is 0 Å². The standard InChI is InChI=1S/C15H22N2O2/c1-2-14-11-19-8-7-17(14)15(18)9-12-5-3-4-6-13(12)10-16/h3-6,14H,2,7-11,16H2,1H3. The molecule has 104 valence electrons. The number of carbonyl (C=O) groups is 1. The summed E-state index contributed by atoms with van der Waals surface area (Å²) in [5, 5.41) is 0. The molecule has 1 atom stereocenters. The van der Waals surface area contributed by atoms with Crippen molar-refractivity contribution < 1.29 is 9.53 Å². The molecular formula is C15H22N2O2. The second-order valence-electron chi connectivity index (χ2n) is 4.87. The van der Waals surface area contributed by atoms with Crippen molar-refractivity contribution in [2.45, 2.75) is 32.4 Å². The number of ether oxygens (including phenoxy) is 1. The van der Waals surface area contributed by atoms with E-state index in [-0.39, 0.29) is 11.9 Å². The van der Waals surface area contributed by atoms with Crippen molar-refractivity contribution in [2.75, 3.05) is 19.8 Å². The van der Waals surface area contributed by atoms with Gasteiger partial charge in [0.1, 0.15) is 0 Å². The molecule has 0 bridgehead atoms. The van der Waals surface area contributed by atoms with E-state index in [9.17, 15) is 4.79 Å². The number of hydrogen-bond acceptors (Lipinski definition) is 3. The van der Waals surface area contributed by atoms with E-state index in [2.05, 4.69) is 6.92 Å². The lowest BCUT2D eigenvalue weighted by Crippen LogP contribution is -2.49. The van der Waals surface area contributed by atoms with E-state index in [1.54, 1.807) is 0 Å². The van der Waals surface area contributed by atoms with Crippen LogP contribution in [0.15, 0.2) is 24.3 Å². The third kappa shape index (κ3) is 3.33. The highest BCUT2D eigenvalue weighted by Crippen LogP contribution is 2.15. The Morgan fingerprint density at radius 2 is 2.16 bits per heavy atom. The number of nitrogens with zero attached hydrogens (tertiary/aromatic N) is 1. The molecule has 1 aliphatic rings. The Hall–Kier alpha value is -1.39. The SMILES string of the molecule is CCC1COCCN1C(=O)Cc1ccccc1CN. The van der Waals surface area contributed by atoms with Gasteiger partial charge in [0.2, 0.25) is 5.91 Å². The first-order chi connectivity index (χ1) is 9.26. The fourth-order valence-electron chi connectivity index (χ4n) is 2.51. The maximum absolute atomic E-state index is 12.4. The maximum atomic E-state index is 12.4. The normalized spacial score (nSPS) is 19.5. The Morgan fingerprint density at radius 1 is 1.42 bits per heavy atom. The Labute approximate surface area is 114 Å². The van der Waals surface area contributed by atoms with Crippen LogP contribution in [0.25, 0.3) is 0 Å². The average Bonchev–Trinajstić information content (AvgIpc) is 2.47. The number of hydrogen-bond donors (Lipinski definition) is 1. The first-order valence-electron chi connectivity index (χ1n) is 6.90. The topological polar surface area (TPSA) is 55.6 Å². The summed E-state index contributed by atoms with van der Waals surface area (Å²) < 4.78 is 5.43. The first-order valence-corrected chi connectivity index (χ1v) is 6.90. The summed E-state index contributed by atoms with van der Waals surface area (Å²) in [4.78, 5) is 14.4. The molecular weight excluding hydrogens is 240 g/mol. The highest BCUT2D eigenvalue weighted by Gasteiger charge is 2.26. The lowest BCUT2D eigenvalue weighted by molar-refractivity contribution is -0.139. The highest BCUT2D eigenvalue weighted by molar-refractivity contribution is 5.79. The monoisotopic (exact) mass is 262 g/mol. The molecule has 1 aliphatic heterocycles. The van der Waals surface area contributed by atoms with Gasteiger partial charge in [0, 0.05) is 13.1 Å². The van der Waals surface area contributed by atoms with Crippen molar-refractivity contribution in [3.63, 3.8) is 0 Å². The van der Waals surface area contributed by atoms with Crippen LogP contribution in [0.4, 0.5) is 0 Å². The van der Waals surface area contributed by atoms with Gasteiger partial charge in [-0.3, -0.25) is 4.79 Å². The van der Waals surface area contributed by atoms with Crippen LogP contribution in [0.1, 0.15) is 24.5 Å². The summed E-state index contributed by atoms with van der Waals surface area (Å²) in [5.41, 5.74) is 7.80. The third-order valence-corrected chi connectivity index (χ3v) is 3.70. The molecule has 1 amide bonds. The molecule has 1 fully saturated rings. The Balaban J connectivity index is 2.07. The van der Waals surface area contributed by atoms with Crippen molar-refractivity contribution in [1.82, 2.24) is 4.90 Å². The second kappa shape index (κ2) is 6.68. The van der Waals surface area contributed by atoms with E-state index in [4.69, 9.17) is 10.5 Å². The zero-order chi connectivity index (χ0) is 13.7. The molecule has 2 N–H and O–H groups in total. The van der Waals surface area contributed by atoms with Crippen LogP contribution < -0.4 is 5.73 Å². The van der Waals surface area contributed by atoms with Gasteiger partial charge >= 0.3 is 0 Å². The van der Waals surface area contributed by atoms with E-state index in [0.29, 0.717) is 32.7 Å². The van der Waals surface area contributed by atoms with Crippen molar-refractivity contribution in [1.29, 1.82) is 0 Å². The lowest BCUT2D eigenvalue weighted by atomic mass is 10.0. The van der Waals surface area contributed by atoms with Gasteiger partial charge < -0.3 is 15.4 Å². The summed E-state index contributed by atoms with van der Waals surface area (Å²) in [6.45, 7) is 4.56. The molecule has 0 spiro atoms. The molecule has 1 saturated heterocycles. The fourth-order valence-corrected chi connectivity index (χ4v) is 2.51. The van der Waals surface area contributed by atoms with Gasteiger partial charge in [-0.25, -0.2) is 0 Å². The minimum atomic E-state index is 0.177. The van der Waals surface area contributed by atoms with Gasteiger partial charge in [0.25, 0.3) is 0 Å². The minimum Gasteiger partial charge on any atom is -0.377 e. The van der Waals surface area contributed by atoms with Gasteiger partial charge in [-0.05, 0) is 17.5 Å².